The molecule has 3 heteroatoms. The third-order valence-corrected chi connectivity index (χ3v) is 2.60. The Kier molecular flexibility index (Phi) is 4.70. The summed E-state index contributed by atoms with van der Waals surface area (Å²) in [5, 5.41) is 3.53. The minimum absolute atomic E-state index is 0.273. The molecule has 0 radical (unpaired) electrons. The van der Waals surface area contributed by atoms with Crippen LogP contribution in [-0.4, -0.2) is 38.5 Å². The molecule has 1 fully saturated rings. The van der Waals surface area contributed by atoms with Crippen LogP contribution in [0.3, 0.4) is 0 Å². The van der Waals surface area contributed by atoms with Crippen molar-refractivity contribution in [2.45, 2.75) is 32.2 Å². The van der Waals surface area contributed by atoms with Gasteiger partial charge in [-0.2, -0.15) is 0 Å². The van der Waals surface area contributed by atoms with Crippen molar-refractivity contribution in [3.05, 3.63) is 0 Å². The van der Waals surface area contributed by atoms with E-state index in [0.29, 0.717) is 0 Å². The largest absolute Gasteiger partial charge is 0.381 e. The fourth-order valence-electron chi connectivity index (χ4n) is 1.57. The Morgan fingerprint density at radius 3 is 2.69 bits per heavy atom. The van der Waals surface area contributed by atoms with Gasteiger partial charge in [-0.1, -0.05) is 0 Å². The summed E-state index contributed by atoms with van der Waals surface area (Å²) >= 11 is 0. The maximum Gasteiger partial charge on any atom is 0.0590 e. The Balaban J connectivity index is 2.10. The first-order valence-electron chi connectivity index (χ1n) is 5.17. The van der Waals surface area contributed by atoms with Crippen LogP contribution in [0, 0.1) is 0 Å². The lowest BCUT2D eigenvalue weighted by atomic mass is 9.93. The maximum absolute atomic E-state index is 5.32. The summed E-state index contributed by atoms with van der Waals surface area (Å²) in [6.45, 7) is 8.63. The van der Waals surface area contributed by atoms with Crippen LogP contribution in [0.5, 0.6) is 0 Å². The molecule has 0 spiro atoms. The van der Waals surface area contributed by atoms with Crippen LogP contribution < -0.4 is 5.32 Å². The van der Waals surface area contributed by atoms with Crippen LogP contribution in [0.25, 0.3) is 0 Å². The third-order valence-electron chi connectivity index (χ3n) is 2.60. The van der Waals surface area contributed by atoms with Crippen molar-refractivity contribution in [3.63, 3.8) is 0 Å². The summed E-state index contributed by atoms with van der Waals surface area (Å²) in [4.78, 5) is 0. The van der Waals surface area contributed by atoms with Gasteiger partial charge in [0.15, 0.2) is 0 Å². The van der Waals surface area contributed by atoms with E-state index in [-0.39, 0.29) is 5.54 Å². The summed E-state index contributed by atoms with van der Waals surface area (Å²) in [5.74, 6) is 0. The molecule has 0 aromatic rings. The smallest absolute Gasteiger partial charge is 0.0590 e. The van der Waals surface area contributed by atoms with Crippen LogP contribution in [0.15, 0.2) is 0 Å². The molecule has 1 aliphatic rings. The zero-order valence-corrected chi connectivity index (χ0v) is 8.77. The molecule has 1 N–H and O–H groups in total. The molecule has 0 saturated carbocycles. The molecular formula is C10H21NO2. The molecule has 0 unspecified atom stereocenters. The molecular weight excluding hydrogens is 166 g/mol. The van der Waals surface area contributed by atoms with Gasteiger partial charge >= 0.3 is 0 Å². The van der Waals surface area contributed by atoms with Crippen LogP contribution in [-0.2, 0) is 9.47 Å². The van der Waals surface area contributed by atoms with E-state index in [4.69, 9.17) is 9.47 Å². The predicted octanol–water partition coefficient (Wildman–Crippen LogP) is 1.18. The lowest BCUT2D eigenvalue weighted by molar-refractivity contribution is 0.0409. The van der Waals surface area contributed by atoms with Gasteiger partial charge in [-0.25, -0.2) is 0 Å². The number of hydrogen-bond acceptors (Lipinski definition) is 3. The Labute approximate surface area is 80.8 Å². The summed E-state index contributed by atoms with van der Waals surface area (Å²) in [6, 6.07) is 0. The molecule has 0 bridgehead atoms. The number of nitrogens with one attached hydrogen (secondary N) is 1. The van der Waals surface area contributed by atoms with Crippen LogP contribution >= 0.6 is 0 Å². The molecule has 1 saturated heterocycles. The van der Waals surface area contributed by atoms with Gasteiger partial charge in [0.2, 0.25) is 0 Å². The van der Waals surface area contributed by atoms with E-state index in [1.807, 2.05) is 6.92 Å². The van der Waals surface area contributed by atoms with Gasteiger partial charge in [0.1, 0.15) is 0 Å². The maximum atomic E-state index is 5.32. The molecule has 0 aliphatic carbocycles. The van der Waals surface area contributed by atoms with E-state index in [2.05, 4.69) is 12.2 Å². The Morgan fingerprint density at radius 2 is 2.08 bits per heavy atom. The fourth-order valence-corrected chi connectivity index (χ4v) is 1.57. The lowest BCUT2D eigenvalue weighted by Gasteiger charge is -2.34. The van der Waals surface area contributed by atoms with E-state index in [1.54, 1.807) is 0 Å². The van der Waals surface area contributed by atoms with Crippen molar-refractivity contribution >= 4 is 0 Å². The molecule has 1 heterocycles. The summed E-state index contributed by atoms with van der Waals surface area (Å²) < 4.78 is 10.6. The predicted molar refractivity (Wildman–Crippen MR) is 53.0 cm³/mol. The first-order chi connectivity index (χ1) is 6.27. The zero-order valence-electron chi connectivity index (χ0n) is 8.77. The van der Waals surface area contributed by atoms with E-state index in [1.165, 1.54) is 0 Å². The van der Waals surface area contributed by atoms with Crippen LogP contribution in [0.1, 0.15) is 26.7 Å². The van der Waals surface area contributed by atoms with Crippen LogP contribution in [0.4, 0.5) is 0 Å². The van der Waals surface area contributed by atoms with E-state index < -0.39 is 0 Å². The lowest BCUT2D eigenvalue weighted by Crippen LogP contribution is -2.47. The van der Waals surface area contributed by atoms with Gasteiger partial charge in [-0.05, 0) is 26.7 Å². The highest BCUT2D eigenvalue weighted by Crippen LogP contribution is 2.18. The quantitative estimate of drug-likeness (QED) is 0.656. The normalized spacial score (nSPS) is 21.7. The molecule has 78 valence electrons. The van der Waals surface area contributed by atoms with Crippen molar-refractivity contribution in [2.75, 3.05) is 33.0 Å². The SMILES string of the molecule is CCOCCNC1(C)CCOCC1. The van der Waals surface area contributed by atoms with Gasteiger partial charge in [0, 0.05) is 31.9 Å². The standard InChI is InChI=1S/C10H21NO2/c1-3-12-9-6-11-10(2)4-7-13-8-5-10/h11H,3-9H2,1-2H3. The van der Waals surface area contributed by atoms with Crippen molar-refractivity contribution in [1.29, 1.82) is 0 Å². The molecule has 13 heavy (non-hydrogen) atoms. The first-order valence-corrected chi connectivity index (χ1v) is 5.17. The third kappa shape index (κ3) is 4.07. The molecule has 1 rings (SSSR count). The van der Waals surface area contributed by atoms with Crippen molar-refractivity contribution in [2.24, 2.45) is 0 Å². The molecule has 0 aromatic heterocycles. The minimum Gasteiger partial charge on any atom is -0.381 e. The van der Waals surface area contributed by atoms with E-state index in [0.717, 1.165) is 45.8 Å². The van der Waals surface area contributed by atoms with E-state index >= 15 is 0 Å². The highest BCUT2D eigenvalue weighted by molar-refractivity contribution is 4.84. The number of rotatable bonds is 5. The van der Waals surface area contributed by atoms with Gasteiger partial charge in [-0.3, -0.25) is 0 Å². The molecule has 0 atom stereocenters. The van der Waals surface area contributed by atoms with Gasteiger partial charge < -0.3 is 14.8 Å². The topological polar surface area (TPSA) is 30.5 Å². The van der Waals surface area contributed by atoms with Crippen LogP contribution in [0.2, 0.25) is 0 Å². The highest BCUT2D eigenvalue weighted by Gasteiger charge is 2.25. The van der Waals surface area contributed by atoms with Crippen molar-refractivity contribution in [1.82, 2.24) is 5.32 Å². The Morgan fingerprint density at radius 1 is 1.38 bits per heavy atom. The molecule has 3 nitrogen and oxygen atoms in total. The number of ether oxygens (including phenoxy) is 2. The first kappa shape index (κ1) is 11.0. The summed E-state index contributed by atoms with van der Waals surface area (Å²) in [5.41, 5.74) is 0.273. The van der Waals surface area contributed by atoms with Crippen molar-refractivity contribution < 1.29 is 9.47 Å². The van der Waals surface area contributed by atoms with Gasteiger partial charge in [-0.15, -0.1) is 0 Å². The summed E-state index contributed by atoms with van der Waals surface area (Å²) in [7, 11) is 0. The zero-order chi connectivity index (χ0) is 9.57. The molecule has 0 aromatic carbocycles. The average molecular weight is 187 g/mol. The molecule has 1 aliphatic heterocycles. The van der Waals surface area contributed by atoms with Gasteiger partial charge in [0.25, 0.3) is 0 Å². The highest BCUT2D eigenvalue weighted by atomic mass is 16.5. The second kappa shape index (κ2) is 5.58. The average Bonchev–Trinajstić information content (AvgIpc) is 2.14. The monoisotopic (exact) mass is 187 g/mol. The fraction of sp³-hybridized carbons (Fsp3) is 1.00. The Hall–Kier alpha value is -0.120. The van der Waals surface area contributed by atoms with Crippen molar-refractivity contribution in [3.8, 4) is 0 Å². The summed E-state index contributed by atoms with van der Waals surface area (Å²) in [6.07, 6.45) is 2.22. The van der Waals surface area contributed by atoms with Gasteiger partial charge in [0.05, 0.1) is 6.61 Å². The second-order valence-corrected chi connectivity index (χ2v) is 3.80. The van der Waals surface area contributed by atoms with E-state index in [9.17, 15) is 0 Å². The number of hydrogen-bond donors (Lipinski definition) is 1. The molecule has 0 amide bonds. The Bertz CT molecular complexity index is 133. The minimum atomic E-state index is 0.273. The second-order valence-electron chi connectivity index (χ2n) is 3.80.